The molecular weight excluding hydrogens is 313 g/mol. The first-order chi connectivity index (χ1) is 10.5. The van der Waals surface area contributed by atoms with E-state index in [0.717, 1.165) is 6.07 Å². The second-order valence-electron chi connectivity index (χ2n) is 4.61. The van der Waals surface area contributed by atoms with E-state index in [1.165, 1.54) is 12.1 Å². The minimum absolute atomic E-state index is 0.102. The van der Waals surface area contributed by atoms with Gasteiger partial charge in [0.1, 0.15) is 11.9 Å². The van der Waals surface area contributed by atoms with Gasteiger partial charge in [0.15, 0.2) is 5.82 Å². The Labute approximate surface area is 131 Å². The molecule has 8 heteroatoms. The molecule has 6 nitrogen and oxygen atoms in total. The number of hydrogen-bond donors (Lipinski definition) is 1. The normalized spacial score (nSPS) is 12.2. The highest BCUT2D eigenvalue weighted by molar-refractivity contribution is 6.30. The lowest BCUT2D eigenvalue weighted by molar-refractivity contribution is 0.0928. The van der Waals surface area contributed by atoms with Gasteiger partial charge in [0.2, 0.25) is 5.89 Å². The molecule has 0 aliphatic heterocycles. The topological polar surface area (TPSA) is 77.3 Å². The lowest BCUT2D eigenvalue weighted by atomic mass is 10.2. The number of benzene rings is 1. The van der Waals surface area contributed by atoms with Crippen LogP contribution in [0.3, 0.4) is 0 Å². The van der Waals surface area contributed by atoms with Crippen molar-refractivity contribution >= 4 is 17.5 Å². The fraction of sp³-hybridized carbons (Fsp3) is 0.357. The molecule has 0 spiro atoms. The number of methoxy groups -OCH3 is 1. The highest BCUT2D eigenvalue weighted by atomic mass is 35.5. The minimum atomic E-state index is -0.691. The van der Waals surface area contributed by atoms with E-state index >= 15 is 0 Å². The van der Waals surface area contributed by atoms with E-state index in [9.17, 15) is 9.18 Å². The highest BCUT2D eigenvalue weighted by Crippen LogP contribution is 2.16. The molecule has 1 atom stereocenters. The number of nitrogens with one attached hydrogen (secondary N) is 1. The van der Waals surface area contributed by atoms with E-state index in [0.29, 0.717) is 18.9 Å². The Morgan fingerprint density at radius 1 is 1.55 bits per heavy atom. The van der Waals surface area contributed by atoms with E-state index in [4.69, 9.17) is 20.9 Å². The van der Waals surface area contributed by atoms with Crippen LogP contribution < -0.4 is 5.32 Å². The predicted octanol–water partition coefficient (Wildman–Crippen LogP) is 2.54. The highest BCUT2D eigenvalue weighted by Gasteiger charge is 2.19. The summed E-state index contributed by atoms with van der Waals surface area (Å²) in [5.41, 5.74) is -0.102. The second kappa shape index (κ2) is 7.33. The van der Waals surface area contributed by atoms with Crippen molar-refractivity contribution in [2.24, 2.45) is 0 Å². The third-order valence-corrected chi connectivity index (χ3v) is 3.14. The van der Waals surface area contributed by atoms with Crippen LogP contribution in [0, 0.1) is 5.82 Å². The van der Waals surface area contributed by atoms with Crippen molar-refractivity contribution in [3.63, 3.8) is 0 Å². The van der Waals surface area contributed by atoms with Gasteiger partial charge < -0.3 is 14.6 Å². The number of carbonyl (C=O) groups is 1. The van der Waals surface area contributed by atoms with Crippen molar-refractivity contribution in [1.82, 2.24) is 15.5 Å². The summed E-state index contributed by atoms with van der Waals surface area (Å²) < 4.78 is 23.7. The Hall–Kier alpha value is -1.99. The molecule has 22 heavy (non-hydrogen) atoms. The van der Waals surface area contributed by atoms with Crippen LogP contribution in [0.5, 0.6) is 0 Å². The van der Waals surface area contributed by atoms with Crippen molar-refractivity contribution < 1.29 is 18.4 Å². The fourth-order valence-corrected chi connectivity index (χ4v) is 1.91. The zero-order valence-corrected chi connectivity index (χ0v) is 12.9. The van der Waals surface area contributed by atoms with Crippen LogP contribution >= 0.6 is 11.6 Å². The number of amides is 1. The summed E-state index contributed by atoms with van der Waals surface area (Å²) in [7, 11) is 1.57. The second-order valence-corrected chi connectivity index (χ2v) is 5.05. The Morgan fingerprint density at radius 2 is 2.32 bits per heavy atom. The van der Waals surface area contributed by atoms with Gasteiger partial charge in [-0.1, -0.05) is 16.8 Å². The molecule has 1 N–H and O–H groups in total. The van der Waals surface area contributed by atoms with E-state index in [1.54, 1.807) is 14.0 Å². The SMILES string of the molecule is COCCc1noc([C@H](C)NC(=O)c2ccc(Cl)cc2F)n1. The molecule has 0 saturated carbocycles. The molecule has 0 fully saturated rings. The van der Waals surface area contributed by atoms with Gasteiger partial charge in [0.05, 0.1) is 12.2 Å². The number of nitrogens with zero attached hydrogens (tertiary/aromatic N) is 2. The van der Waals surface area contributed by atoms with E-state index in [1.807, 2.05) is 0 Å². The standard InChI is InChI=1S/C14H15ClFN3O3/c1-8(14-18-12(19-22-14)5-6-21-2)17-13(20)10-4-3-9(15)7-11(10)16/h3-4,7-8H,5-6H2,1-2H3,(H,17,20)/t8-/m0/s1. The number of carbonyl (C=O) groups excluding carboxylic acids is 1. The lowest BCUT2D eigenvalue weighted by Crippen LogP contribution is -2.27. The van der Waals surface area contributed by atoms with E-state index in [-0.39, 0.29) is 16.5 Å². The molecular formula is C14H15ClFN3O3. The third-order valence-electron chi connectivity index (χ3n) is 2.91. The van der Waals surface area contributed by atoms with Gasteiger partial charge in [-0.25, -0.2) is 4.39 Å². The largest absolute Gasteiger partial charge is 0.384 e. The van der Waals surface area contributed by atoms with Gasteiger partial charge in [-0.2, -0.15) is 4.98 Å². The first-order valence-corrected chi connectivity index (χ1v) is 6.96. The number of rotatable bonds is 6. The molecule has 2 rings (SSSR count). The first-order valence-electron chi connectivity index (χ1n) is 6.58. The van der Waals surface area contributed by atoms with Gasteiger partial charge >= 0.3 is 0 Å². The molecule has 1 aromatic heterocycles. The average Bonchev–Trinajstić information content (AvgIpc) is 2.93. The maximum absolute atomic E-state index is 13.7. The molecule has 1 aromatic carbocycles. The Balaban J connectivity index is 2.03. The number of hydrogen-bond acceptors (Lipinski definition) is 5. The van der Waals surface area contributed by atoms with Gasteiger partial charge in [-0.15, -0.1) is 0 Å². The molecule has 1 amide bonds. The van der Waals surface area contributed by atoms with Crippen LogP contribution in [-0.2, 0) is 11.2 Å². The number of ether oxygens (including phenoxy) is 1. The number of aromatic nitrogens is 2. The van der Waals surface area contributed by atoms with Gasteiger partial charge in [0.25, 0.3) is 5.91 Å². The molecule has 0 aliphatic carbocycles. The van der Waals surface area contributed by atoms with Crippen molar-refractivity contribution in [3.8, 4) is 0 Å². The molecule has 118 valence electrons. The Bertz CT molecular complexity index is 663. The first kappa shape index (κ1) is 16.4. The smallest absolute Gasteiger partial charge is 0.254 e. The minimum Gasteiger partial charge on any atom is -0.384 e. The van der Waals surface area contributed by atoms with Crippen molar-refractivity contribution in [3.05, 3.63) is 46.3 Å². The molecule has 0 unspecified atom stereocenters. The van der Waals surface area contributed by atoms with Crippen LogP contribution in [-0.4, -0.2) is 29.8 Å². The molecule has 0 saturated heterocycles. The Morgan fingerprint density at radius 3 is 3.00 bits per heavy atom. The zero-order valence-electron chi connectivity index (χ0n) is 12.1. The fourth-order valence-electron chi connectivity index (χ4n) is 1.75. The van der Waals surface area contributed by atoms with Crippen molar-refractivity contribution in [2.45, 2.75) is 19.4 Å². The number of halogens is 2. The van der Waals surface area contributed by atoms with Crippen molar-refractivity contribution in [1.29, 1.82) is 0 Å². The zero-order chi connectivity index (χ0) is 16.1. The van der Waals surface area contributed by atoms with Crippen LogP contribution in [0.1, 0.15) is 35.0 Å². The molecule has 0 radical (unpaired) electrons. The van der Waals surface area contributed by atoms with Gasteiger partial charge in [0, 0.05) is 18.6 Å². The molecule has 2 aromatic rings. The lowest BCUT2D eigenvalue weighted by Gasteiger charge is -2.10. The summed E-state index contributed by atoms with van der Waals surface area (Å²) in [4.78, 5) is 16.2. The quantitative estimate of drug-likeness (QED) is 0.882. The van der Waals surface area contributed by atoms with Crippen LogP contribution in [0.25, 0.3) is 0 Å². The summed E-state index contributed by atoms with van der Waals surface area (Å²) in [6.45, 7) is 2.13. The molecule has 0 bridgehead atoms. The van der Waals surface area contributed by atoms with E-state index < -0.39 is 17.8 Å². The summed E-state index contributed by atoms with van der Waals surface area (Å²) >= 11 is 5.65. The Kier molecular flexibility index (Phi) is 5.46. The summed E-state index contributed by atoms with van der Waals surface area (Å²) in [6, 6.07) is 3.29. The third kappa shape index (κ3) is 4.02. The molecule has 0 aliphatic rings. The maximum atomic E-state index is 13.7. The van der Waals surface area contributed by atoms with Crippen molar-refractivity contribution in [2.75, 3.05) is 13.7 Å². The van der Waals surface area contributed by atoms with Gasteiger partial charge in [-0.05, 0) is 25.1 Å². The average molecular weight is 328 g/mol. The van der Waals surface area contributed by atoms with Gasteiger partial charge in [-0.3, -0.25) is 4.79 Å². The maximum Gasteiger partial charge on any atom is 0.254 e. The van der Waals surface area contributed by atoms with Crippen LogP contribution in [0.4, 0.5) is 4.39 Å². The van der Waals surface area contributed by atoms with E-state index in [2.05, 4.69) is 15.5 Å². The predicted molar refractivity (Wildman–Crippen MR) is 77.2 cm³/mol. The summed E-state index contributed by atoms with van der Waals surface area (Å²) in [5.74, 6) is -0.550. The van der Waals surface area contributed by atoms with Crippen LogP contribution in [0.15, 0.2) is 22.7 Å². The van der Waals surface area contributed by atoms with Crippen LogP contribution in [0.2, 0.25) is 5.02 Å². The summed E-state index contributed by atoms with van der Waals surface area (Å²) in [6.07, 6.45) is 0.506. The monoisotopic (exact) mass is 327 g/mol. The molecule has 1 heterocycles. The summed E-state index contributed by atoms with van der Waals surface area (Å²) in [5, 5.41) is 6.59.